The van der Waals surface area contributed by atoms with Crippen LogP contribution in [0.5, 0.6) is 0 Å². The van der Waals surface area contributed by atoms with Gasteiger partial charge in [0.15, 0.2) is 0 Å². The molecule has 1 amide bonds. The Morgan fingerprint density at radius 3 is 2.59 bits per heavy atom. The Labute approximate surface area is 155 Å². The van der Waals surface area contributed by atoms with E-state index in [1.54, 1.807) is 0 Å². The Morgan fingerprint density at radius 1 is 1.11 bits per heavy atom. The highest BCUT2D eigenvalue weighted by Gasteiger charge is 2.26. The van der Waals surface area contributed by atoms with Crippen LogP contribution in [0.15, 0.2) is 47.4 Å². The highest BCUT2D eigenvalue weighted by molar-refractivity contribution is 7.89. The normalized spacial score (nSPS) is 15.5. The molecule has 1 aliphatic rings. The van der Waals surface area contributed by atoms with Gasteiger partial charge in [-0.1, -0.05) is 6.07 Å². The lowest BCUT2D eigenvalue weighted by Gasteiger charge is -2.26. The molecule has 1 heterocycles. The second-order valence-electron chi connectivity index (χ2n) is 5.96. The average Bonchev–Trinajstić information content (AvgIpc) is 2.69. The number of hydrogen-bond acceptors (Lipinski definition) is 4. The van der Waals surface area contributed by atoms with Crippen molar-refractivity contribution in [3.63, 3.8) is 0 Å². The maximum absolute atomic E-state index is 13.6. The Kier molecular flexibility index (Phi) is 5.83. The van der Waals surface area contributed by atoms with E-state index in [9.17, 15) is 22.0 Å². The number of amides is 1. The smallest absolute Gasteiger partial charge is 0.251 e. The van der Waals surface area contributed by atoms with Crippen molar-refractivity contribution in [1.29, 1.82) is 0 Å². The van der Waals surface area contributed by atoms with Crippen molar-refractivity contribution in [3.8, 4) is 0 Å². The van der Waals surface area contributed by atoms with E-state index >= 15 is 0 Å². The number of carbonyl (C=O) groups is 1. The summed E-state index contributed by atoms with van der Waals surface area (Å²) in [6.45, 7) is 0.912. The fourth-order valence-electron chi connectivity index (χ4n) is 2.69. The van der Waals surface area contributed by atoms with E-state index in [2.05, 4.69) is 5.32 Å². The number of nitrogens with zero attached hydrogens (tertiary/aromatic N) is 1. The molecule has 1 aliphatic heterocycles. The third-order valence-electron chi connectivity index (χ3n) is 4.15. The van der Waals surface area contributed by atoms with E-state index in [1.165, 1.54) is 28.6 Å². The molecule has 0 aromatic heterocycles. The molecule has 0 spiro atoms. The van der Waals surface area contributed by atoms with Crippen LogP contribution in [0.3, 0.4) is 0 Å². The zero-order chi connectivity index (χ0) is 19.4. The Balaban J connectivity index is 1.74. The summed E-state index contributed by atoms with van der Waals surface area (Å²) >= 11 is 0. The molecule has 0 bridgehead atoms. The SMILES string of the molecule is O=C(NCc1cc(F)ccc1F)c1cccc(S(=O)(=O)N2CCOCC2)c1. The molecule has 0 aliphatic carbocycles. The van der Waals surface area contributed by atoms with Gasteiger partial charge in [-0.3, -0.25) is 4.79 Å². The fourth-order valence-corrected chi connectivity index (χ4v) is 4.14. The molecule has 6 nitrogen and oxygen atoms in total. The number of nitrogens with one attached hydrogen (secondary N) is 1. The van der Waals surface area contributed by atoms with E-state index in [4.69, 9.17) is 4.74 Å². The zero-order valence-corrected chi connectivity index (χ0v) is 15.1. The average molecular weight is 396 g/mol. The molecule has 0 saturated carbocycles. The van der Waals surface area contributed by atoms with Crippen molar-refractivity contribution in [2.45, 2.75) is 11.4 Å². The molecule has 27 heavy (non-hydrogen) atoms. The minimum atomic E-state index is -3.73. The summed E-state index contributed by atoms with van der Waals surface area (Å²) in [6.07, 6.45) is 0. The third-order valence-corrected chi connectivity index (χ3v) is 6.05. The summed E-state index contributed by atoms with van der Waals surface area (Å²) in [7, 11) is -3.73. The first-order valence-corrected chi connectivity index (χ1v) is 9.72. The summed E-state index contributed by atoms with van der Waals surface area (Å²) in [5.41, 5.74) is 0.113. The number of hydrogen-bond donors (Lipinski definition) is 1. The van der Waals surface area contributed by atoms with Crippen molar-refractivity contribution in [3.05, 3.63) is 65.2 Å². The summed E-state index contributed by atoms with van der Waals surface area (Å²) in [6, 6.07) is 8.55. The monoisotopic (exact) mass is 396 g/mol. The molecule has 2 aromatic rings. The van der Waals surface area contributed by atoms with Gasteiger partial charge < -0.3 is 10.1 Å². The number of sulfonamides is 1. The van der Waals surface area contributed by atoms with E-state index in [-0.39, 0.29) is 35.7 Å². The summed E-state index contributed by atoms with van der Waals surface area (Å²) < 4.78 is 58.6. The van der Waals surface area contributed by atoms with Gasteiger partial charge in [0.2, 0.25) is 10.0 Å². The highest BCUT2D eigenvalue weighted by Crippen LogP contribution is 2.18. The van der Waals surface area contributed by atoms with Crippen molar-refractivity contribution >= 4 is 15.9 Å². The van der Waals surface area contributed by atoms with Gasteiger partial charge in [0.1, 0.15) is 11.6 Å². The number of morpholine rings is 1. The van der Waals surface area contributed by atoms with Crippen LogP contribution in [-0.2, 0) is 21.3 Å². The van der Waals surface area contributed by atoms with Gasteiger partial charge in [-0.25, -0.2) is 17.2 Å². The van der Waals surface area contributed by atoms with Crippen LogP contribution < -0.4 is 5.32 Å². The lowest BCUT2D eigenvalue weighted by molar-refractivity contribution is 0.0730. The minimum Gasteiger partial charge on any atom is -0.379 e. The number of ether oxygens (including phenoxy) is 1. The molecular weight excluding hydrogens is 378 g/mol. The van der Waals surface area contributed by atoms with Crippen LogP contribution >= 0.6 is 0 Å². The maximum Gasteiger partial charge on any atom is 0.251 e. The van der Waals surface area contributed by atoms with Gasteiger partial charge in [-0.15, -0.1) is 0 Å². The Morgan fingerprint density at radius 2 is 1.85 bits per heavy atom. The van der Waals surface area contributed by atoms with Crippen LogP contribution in [0.2, 0.25) is 0 Å². The summed E-state index contributed by atoms with van der Waals surface area (Å²) in [5.74, 6) is -1.84. The quantitative estimate of drug-likeness (QED) is 0.838. The van der Waals surface area contributed by atoms with Gasteiger partial charge >= 0.3 is 0 Å². The Bertz CT molecular complexity index is 944. The lowest BCUT2D eigenvalue weighted by atomic mass is 10.2. The molecule has 3 rings (SSSR count). The van der Waals surface area contributed by atoms with Gasteiger partial charge in [0, 0.05) is 30.8 Å². The molecule has 1 saturated heterocycles. The van der Waals surface area contributed by atoms with E-state index in [1.807, 2.05) is 0 Å². The molecule has 2 aromatic carbocycles. The van der Waals surface area contributed by atoms with E-state index in [0.717, 1.165) is 18.2 Å². The number of carbonyl (C=O) groups excluding carboxylic acids is 1. The second-order valence-corrected chi connectivity index (χ2v) is 7.90. The number of halogens is 2. The first-order valence-electron chi connectivity index (χ1n) is 8.28. The first-order chi connectivity index (χ1) is 12.9. The molecular formula is C18H18F2N2O4S. The maximum atomic E-state index is 13.6. The molecule has 0 radical (unpaired) electrons. The molecule has 0 unspecified atom stereocenters. The first kappa shape index (κ1) is 19.4. The third kappa shape index (κ3) is 4.49. The standard InChI is InChI=1S/C18H18F2N2O4S/c19-15-4-5-17(20)14(10-15)12-21-18(23)13-2-1-3-16(11-13)27(24,25)22-6-8-26-9-7-22/h1-5,10-11H,6-9,12H2,(H,21,23). The van der Waals surface area contributed by atoms with Crippen LogP contribution in [0.1, 0.15) is 15.9 Å². The molecule has 9 heteroatoms. The fraction of sp³-hybridized carbons (Fsp3) is 0.278. The van der Waals surface area contributed by atoms with E-state index < -0.39 is 27.6 Å². The summed E-state index contributed by atoms with van der Waals surface area (Å²) in [4.78, 5) is 12.3. The van der Waals surface area contributed by atoms with E-state index in [0.29, 0.717) is 13.2 Å². The van der Waals surface area contributed by atoms with Gasteiger partial charge in [-0.05, 0) is 36.4 Å². The van der Waals surface area contributed by atoms with Gasteiger partial charge in [0.25, 0.3) is 5.91 Å². The minimum absolute atomic E-state index is 0.000410. The second kappa shape index (κ2) is 8.12. The lowest BCUT2D eigenvalue weighted by Crippen LogP contribution is -2.40. The molecule has 0 atom stereocenters. The largest absolute Gasteiger partial charge is 0.379 e. The van der Waals surface area contributed by atoms with Crippen LogP contribution in [0.25, 0.3) is 0 Å². The molecule has 1 N–H and O–H groups in total. The van der Waals surface area contributed by atoms with Crippen LogP contribution in [0.4, 0.5) is 8.78 Å². The molecule has 1 fully saturated rings. The number of benzene rings is 2. The van der Waals surface area contributed by atoms with Crippen molar-refractivity contribution < 1.29 is 26.7 Å². The summed E-state index contributed by atoms with van der Waals surface area (Å²) in [5, 5.41) is 2.47. The predicted octanol–water partition coefficient (Wildman–Crippen LogP) is 1.92. The van der Waals surface area contributed by atoms with Gasteiger partial charge in [0.05, 0.1) is 18.1 Å². The number of rotatable bonds is 5. The highest BCUT2D eigenvalue weighted by atomic mass is 32.2. The predicted molar refractivity (Wildman–Crippen MR) is 93.5 cm³/mol. The van der Waals surface area contributed by atoms with Crippen molar-refractivity contribution in [2.75, 3.05) is 26.3 Å². The molecule has 144 valence electrons. The van der Waals surface area contributed by atoms with Crippen LogP contribution in [0, 0.1) is 11.6 Å². The zero-order valence-electron chi connectivity index (χ0n) is 14.3. The van der Waals surface area contributed by atoms with Gasteiger partial charge in [-0.2, -0.15) is 4.31 Å². The Hall–Kier alpha value is -2.36. The topological polar surface area (TPSA) is 75.7 Å². The van der Waals surface area contributed by atoms with Crippen molar-refractivity contribution in [2.24, 2.45) is 0 Å². The van der Waals surface area contributed by atoms with Crippen molar-refractivity contribution in [1.82, 2.24) is 9.62 Å². The van der Waals surface area contributed by atoms with Crippen LogP contribution in [-0.4, -0.2) is 44.9 Å².